The quantitative estimate of drug-likeness (QED) is 0.318. The van der Waals surface area contributed by atoms with Gasteiger partial charge in [-0.15, -0.1) is 0 Å². The topological polar surface area (TPSA) is 129 Å². The van der Waals surface area contributed by atoms with Crippen LogP contribution in [0.15, 0.2) is 36.4 Å². The highest BCUT2D eigenvalue weighted by molar-refractivity contribution is 5.97. The molecule has 1 saturated heterocycles. The number of aliphatic hydroxyl groups is 1. The van der Waals surface area contributed by atoms with Crippen LogP contribution in [0.25, 0.3) is 11.1 Å². The standard InChI is InChI=1S/C35H51N5O5/c1-19-27-15-24(35(27,3)4)16-28(19)38-34(43)31-30(20(2)41)29(17-36)45-40(31)18-21-10-9-11-26(32(21)44-8)22-12-23(33(42)37-5)14-25(13-22)39(6)7/h9-14,19-20,24,27-31,41H,15-18,36H2,1-8H3,(H,37,42)(H,38,43)/t19?,20-,24+,27-,28-,29-,30+,31-/m0/s1. The Balaban J connectivity index is 1.46. The summed E-state index contributed by atoms with van der Waals surface area (Å²) in [4.78, 5) is 35.1. The van der Waals surface area contributed by atoms with Crippen molar-refractivity contribution in [3.8, 4) is 16.9 Å². The minimum atomic E-state index is -0.805. The van der Waals surface area contributed by atoms with Crippen molar-refractivity contribution in [2.24, 2.45) is 34.8 Å². The van der Waals surface area contributed by atoms with Crippen LogP contribution in [0.4, 0.5) is 5.69 Å². The Morgan fingerprint density at radius 1 is 1.22 bits per heavy atom. The smallest absolute Gasteiger partial charge is 0.251 e. The number of fused-ring (bicyclic) bond motifs is 2. The highest BCUT2D eigenvalue weighted by Crippen LogP contribution is 2.61. The number of nitrogens with two attached hydrogens (primary N) is 1. The molecular formula is C35H51N5O5. The van der Waals surface area contributed by atoms with Gasteiger partial charge in [0.1, 0.15) is 11.8 Å². The number of carbonyl (C=O) groups is 2. The summed E-state index contributed by atoms with van der Waals surface area (Å²) < 4.78 is 5.99. The van der Waals surface area contributed by atoms with Gasteiger partial charge in [0.05, 0.1) is 25.9 Å². The lowest BCUT2D eigenvalue weighted by molar-refractivity contribution is -0.175. The minimum absolute atomic E-state index is 0.0825. The number of rotatable bonds is 10. The summed E-state index contributed by atoms with van der Waals surface area (Å²) >= 11 is 0. The molecule has 246 valence electrons. The summed E-state index contributed by atoms with van der Waals surface area (Å²) in [6, 6.07) is 10.9. The van der Waals surface area contributed by atoms with E-state index in [1.807, 2.05) is 55.4 Å². The molecule has 0 aromatic heterocycles. The van der Waals surface area contributed by atoms with Crippen molar-refractivity contribution in [1.29, 1.82) is 0 Å². The van der Waals surface area contributed by atoms with E-state index in [2.05, 4.69) is 31.4 Å². The van der Waals surface area contributed by atoms with E-state index in [-0.39, 0.29) is 30.9 Å². The van der Waals surface area contributed by atoms with Gasteiger partial charge in [0.2, 0.25) is 5.91 Å². The number of methoxy groups -OCH3 is 1. The van der Waals surface area contributed by atoms with E-state index >= 15 is 0 Å². The molecule has 0 spiro atoms. The summed E-state index contributed by atoms with van der Waals surface area (Å²) in [5.41, 5.74) is 10.3. The number of nitrogens with one attached hydrogen (secondary N) is 2. The number of nitrogens with zero attached hydrogens (tertiary/aromatic N) is 2. The molecule has 2 aromatic rings. The summed E-state index contributed by atoms with van der Waals surface area (Å²) in [5.74, 6) is 1.36. The molecule has 1 heterocycles. The monoisotopic (exact) mass is 621 g/mol. The second-order valence-electron chi connectivity index (χ2n) is 14.0. The maximum absolute atomic E-state index is 14.1. The van der Waals surface area contributed by atoms with Gasteiger partial charge in [-0.1, -0.05) is 39.0 Å². The normalized spacial score (nSPS) is 29.4. The van der Waals surface area contributed by atoms with Crippen LogP contribution >= 0.6 is 0 Å². The number of aliphatic hydroxyl groups excluding tert-OH is 1. The number of hydrogen-bond donors (Lipinski definition) is 4. The molecule has 1 aliphatic heterocycles. The Hall–Kier alpha value is -3.18. The Morgan fingerprint density at radius 2 is 1.96 bits per heavy atom. The molecule has 8 atom stereocenters. The van der Waals surface area contributed by atoms with Gasteiger partial charge in [0.15, 0.2) is 0 Å². The third kappa shape index (κ3) is 6.05. The molecule has 6 rings (SSSR count). The molecule has 5 N–H and O–H groups in total. The minimum Gasteiger partial charge on any atom is -0.496 e. The lowest BCUT2D eigenvalue weighted by atomic mass is 9.45. The first-order chi connectivity index (χ1) is 21.3. The first-order valence-corrected chi connectivity index (χ1v) is 16.1. The van der Waals surface area contributed by atoms with Gasteiger partial charge in [-0.3, -0.25) is 14.4 Å². The Labute approximate surface area is 267 Å². The van der Waals surface area contributed by atoms with E-state index in [9.17, 15) is 14.7 Å². The number of ether oxygens (including phenoxy) is 1. The lowest BCUT2D eigenvalue weighted by Gasteiger charge is -2.62. The predicted molar refractivity (Wildman–Crippen MR) is 176 cm³/mol. The van der Waals surface area contributed by atoms with Gasteiger partial charge in [0, 0.05) is 62.0 Å². The Morgan fingerprint density at radius 3 is 2.53 bits per heavy atom. The zero-order valence-corrected chi connectivity index (χ0v) is 28.0. The maximum atomic E-state index is 14.1. The molecule has 3 saturated carbocycles. The molecule has 4 aliphatic rings. The van der Waals surface area contributed by atoms with Crippen molar-refractivity contribution in [1.82, 2.24) is 15.7 Å². The van der Waals surface area contributed by atoms with Crippen molar-refractivity contribution in [3.63, 3.8) is 0 Å². The van der Waals surface area contributed by atoms with Gasteiger partial charge < -0.3 is 31.1 Å². The molecule has 2 amide bonds. The van der Waals surface area contributed by atoms with E-state index in [1.54, 1.807) is 26.1 Å². The average molecular weight is 622 g/mol. The fourth-order valence-electron chi connectivity index (χ4n) is 8.18. The van der Waals surface area contributed by atoms with Crippen LogP contribution in [0.3, 0.4) is 0 Å². The Kier molecular flexibility index (Phi) is 9.52. The summed E-state index contributed by atoms with van der Waals surface area (Å²) in [6.45, 7) is 9.06. The second-order valence-corrected chi connectivity index (χ2v) is 14.0. The van der Waals surface area contributed by atoms with Crippen LogP contribution in [0.1, 0.15) is 56.5 Å². The molecule has 45 heavy (non-hydrogen) atoms. The van der Waals surface area contributed by atoms with Gasteiger partial charge in [-0.25, -0.2) is 0 Å². The number of hydrogen-bond acceptors (Lipinski definition) is 8. The fourth-order valence-corrected chi connectivity index (χ4v) is 8.18. The first kappa shape index (κ1) is 33.2. The van der Waals surface area contributed by atoms with Crippen LogP contribution in [-0.4, -0.2) is 81.1 Å². The summed E-state index contributed by atoms with van der Waals surface area (Å²) in [6.07, 6.45) is 0.866. The van der Waals surface area contributed by atoms with Crippen LogP contribution in [-0.2, 0) is 16.2 Å². The zero-order chi connectivity index (χ0) is 32.8. The fraction of sp³-hybridized carbons (Fsp3) is 0.600. The number of anilines is 1. The van der Waals surface area contributed by atoms with Crippen LogP contribution in [0, 0.1) is 29.1 Å². The van der Waals surface area contributed by atoms with Crippen molar-refractivity contribution < 1.29 is 24.3 Å². The van der Waals surface area contributed by atoms with E-state index in [0.29, 0.717) is 34.5 Å². The molecule has 10 heteroatoms. The van der Waals surface area contributed by atoms with Gasteiger partial charge in [-0.2, -0.15) is 5.06 Å². The van der Waals surface area contributed by atoms with E-state index < -0.39 is 24.2 Å². The van der Waals surface area contributed by atoms with E-state index in [4.69, 9.17) is 15.3 Å². The zero-order valence-electron chi connectivity index (χ0n) is 28.0. The molecular weight excluding hydrogens is 570 g/mol. The lowest BCUT2D eigenvalue weighted by Crippen LogP contribution is -2.62. The van der Waals surface area contributed by atoms with E-state index in [0.717, 1.165) is 28.8 Å². The largest absolute Gasteiger partial charge is 0.496 e. The van der Waals surface area contributed by atoms with Crippen LogP contribution < -0.4 is 26.0 Å². The van der Waals surface area contributed by atoms with Crippen LogP contribution in [0.5, 0.6) is 5.75 Å². The third-order valence-electron chi connectivity index (χ3n) is 11.0. The van der Waals surface area contributed by atoms with Crippen molar-refractivity contribution in [2.45, 2.75) is 71.4 Å². The summed E-state index contributed by atoms with van der Waals surface area (Å²) in [5, 5.41) is 18.6. The number of para-hydroxylation sites is 1. The van der Waals surface area contributed by atoms with Gasteiger partial charge in [0.25, 0.3) is 5.91 Å². The first-order valence-electron chi connectivity index (χ1n) is 16.1. The highest BCUT2D eigenvalue weighted by Gasteiger charge is 2.57. The molecule has 1 unspecified atom stereocenters. The highest BCUT2D eigenvalue weighted by atomic mass is 16.7. The molecule has 4 fully saturated rings. The molecule has 2 aromatic carbocycles. The number of hydroxylamine groups is 2. The second kappa shape index (κ2) is 12.9. The van der Waals surface area contributed by atoms with E-state index in [1.165, 1.54) is 6.42 Å². The SMILES string of the molecule is CNC(=O)c1cc(-c2cccc(CN3O[C@@H](CN)[C@@H]([C@H](C)O)[C@H]3C(=O)N[C@H]3C[C@H]4C[C@@H](C3C)C4(C)C)c2OC)cc(N(C)C)c1. The van der Waals surface area contributed by atoms with Crippen molar-refractivity contribution in [3.05, 3.63) is 47.5 Å². The van der Waals surface area contributed by atoms with Gasteiger partial charge >= 0.3 is 0 Å². The molecule has 2 bridgehead atoms. The number of amides is 2. The van der Waals surface area contributed by atoms with Crippen LogP contribution in [0.2, 0.25) is 0 Å². The van der Waals surface area contributed by atoms with Crippen molar-refractivity contribution >= 4 is 17.5 Å². The van der Waals surface area contributed by atoms with Gasteiger partial charge in [-0.05, 0) is 66.7 Å². The Bertz CT molecular complexity index is 1410. The summed E-state index contributed by atoms with van der Waals surface area (Å²) in [7, 11) is 7.09. The molecule has 0 radical (unpaired) electrons. The predicted octanol–water partition coefficient (Wildman–Crippen LogP) is 3.41. The number of carbonyl (C=O) groups excluding carboxylic acids is 2. The third-order valence-corrected chi connectivity index (χ3v) is 11.0. The maximum Gasteiger partial charge on any atom is 0.251 e. The number of benzene rings is 2. The molecule has 10 nitrogen and oxygen atoms in total. The molecule has 3 aliphatic carbocycles. The van der Waals surface area contributed by atoms with Crippen molar-refractivity contribution in [2.75, 3.05) is 39.7 Å². The average Bonchev–Trinajstić information content (AvgIpc) is 3.39.